The van der Waals surface area contributed by atoms with E-state index in [-0.39, 0.29) is 40.5 Å². The van der Waals surface area contributed by atoms with Crippen LogP contribution in [0.2, 0.25) is 36.3 Å². The molecular formula is C35H66O5Si2. The molecule has 2 N–H and O–H groups in total. The Labute approximate surface area is 261 Å². The van der Waals surface area contributed by atoms with Gasteiger partial charge < -0.3 is 19.1 Å². The average Bonchev–Trinajstić information content (AvgIpc) is 3.09. The average molecular weight is 623 g/mol. The number of rotatable bonds is 16. The molecular weight excluding hydrogens is 557 g/mol. The van der Waals surface area contributed by atoms with Gasteiger partial charge in [-0.05, 0) is 99.0 Å². The zero-order chi connectivity index (χ0) is 32.0. The van der Waals surface area contributed by atoms with Crippen molar-refractivity contribution in [2.45, 2.75) is 174 Å². The second-order valence-corrected chi connectivity index (χ2v) is 26.0. The molecule has 5 nitrogen and oxygen atoms in total. The topological polar surface area (TPSA) is 76.0 Å². The van der Waals surface area contributed by atoms with Crippen molar-refractivity contribution in [3.63, 3.8) is 0 Å². The van der Waals surface area contributed by atoms with Gasteiger partial charge in [-0.15, -0.1) is 0 Å². The molecule has 2 aliphatic carbocycles. The molecule has 5 atom stereocenters. The number of carboxylic acid groups (broad SMARTS) is 1. The summed E-state index contributed by atoms with van der Waals surface area (Å²) in [6, 6.07) is 0. The van der Waals surface area contributed by atoms with Gasteiger partial charge in [-0.25, -0.2) is 0 Å². The number of aliphatic carboxylic acids is 1. The molecule has 7 heteroatoms. The fraction of sp³-hybridized carbons (Fsp3) is 0.857. The zero-order valence-corrected chi connectivity index (χ0v) is 31.1. The van der Waals surface area contributed by atoms with Gasteiger partial charge in [-0.1, -0.05) is 85.6 Å². The largest absolute Gasteiger partial charge is 0.481 e. The van der Waals surface area contributed by atoms with Crippen LogP contribution in [0.3, 0.4) is 0 Å². The van der Waals surface area contributed by atoms with E-state index in [1.54, 1.807) is 0 Å². The molecule has 1 unspecified atom stereocenters. The molecule has 0 saturated heterocycles. The summed E-state index contributed by atoms with van der Waals surface area (Å²) < 4.78 is 14.2. The van der Waals surface area contributed by atoms with Crippen LogP contribution < -0.4 is 0 Å². The number of allylic oxidation sites excluding steroid dienone is 2. The predicted molar refractivity (Wildman–Crippen MR) is 182 cm³/mol. The van der Waals surface area contributed by atoms with E-state index >= 15 is 0 Å². The lowest BCUT2D eigenvalue weighted by Crippen LogP contribution is -2.51. The second-order valence-electron chi connectivity index (χ2n) is 16.5. The highest BCUT2D eigenvalue weighted by molar-refractivity contribution is 6.74. The lowest BCUT2D eigenvalue weighted by atomic mass is 9.62. The molecule has 2 aliphatic rings. The van der Waals surface area contributed by atoms with Crippen LogP contribution in [0.25, 0.3) is 0 Å². The number of carboxylic acids is 1. The van der Waals surface area contributed by atoms with Gasteiger partial charge in [0, 0.05) is 12.3 Å². The number of carbonyl (C=O) groups is 1. The van der Waals surface area contributed by atoms with E-state index in [2.05, 4.69) is 99.0 Å². The molecule has 0 aromatic carbocycles. The van der Waals surface area contributed by atoms with Crippen LogP contribution in [-0.2, 0) is 13.6 Å². The summed E-state index contributed by atoms with van der Waals surface area (Å²) in [5.74, 6) is -0.501. The minimum absolute atomic E-state index is 0.00983. The Hall–Kier alpha value is -0.736. The maximum absolute atomic E-state index is 11.3. The highest BCUT2D eigenvalue weighted by atomic mass is 28.4. The van der Waals surface area contributed by atoms with Crippen LogP contribution in [0.1, 0.15) is 119 Å². The third-order valence-electron chi connectivity index (χ3n) is 11.2. The third kappa shape index (κ3) is 9.88. The molecule has 2 saturated carbocycles. The molecule has 0 aliphatic heterocycles. The van der Waals surface area contributed by atoms with Crippen LogP contribution >= 0.6 is 0 Å². The number of unbranched alkanes of at least 4 members (excludes halogenated alkanes) is 1. The summed E-state index contributed by atoms with van der Waals surface area (Å²) in [7, 11) is -3.96. The summed E-state index contributed by atoms with van der Waals surface area (Å²) in [5.41, 5.74) is 0.291. The summed E-state index contributed by atoms with van der Waals surface area (Å²) in [6.45, 7) is 25.5. The van der Waals surface area contributed by atoms with Crippen LogP contribution in [0.5, 0.6) is 0 Å². The first-order chi connectivity index (χ1) is 19.3. The molecule has 0 bridgehead atoms. The Bertz CT molecular complexity index is 907. The van der Waals surface area contributed by atoms with E-state index in [9.17, 15) is 9.90 Å². The van der Waals surface area contributed by atoms with Crippen molar-refractivity contribution < 1.29 is 23.9 Å². The van der Waals surface area contributed by atoms with Crippen molar-refractivity contribution in [1.29, 1.82) is 0 Å². The van der Waals surface area contributed by atoms with Gasteiger partial charge >= 0.3 is 5.97 Å². The smallest absolute Gasteiger partial charge is 0.303 e. The lowest BCUT2D eigenvalue weighted by Gasteiger charge is -2.51. The number of hydrogen-bond acceptors (Lipinski definition) is 4. The van der Waals surface area contributed by atoms with Gasteiger partial charge in [0.1, 0.15) is 0 Å². The van der Waals surface area contributed by atoms with E-state index in [4.69, 9.17) is 14.0 Å². The minimum atomic E-state index is -2.02. The van der Waals surface area contributed by atoms with Gasteiger partial charge in [0.2, 0.25) is 0 Å². The number of hydrogen-bond donors (Lipinski definition) is 2. The summed E-state index contributed by atoms with van der Waals surface area (Å²) >= 11 is 0. The van der Waals surface area contributed by atoms with E-state index in [0.29, 0.717) is 18.3 Å². The van der Waals surface area contributed by atoms with Gasteiger partial charge in [0.05, 0.1) is 18.3 Å². The van der Waals surface area contributed by atoms with Crippen LogP contribution in [0.4, 0.5) is 0 Å². The standard InChI is InChI=1S/C35H66O5Si2/c1-12-23-35(24-18-25-35)31(40-42(10,11)34(5,6)7)21-17-20-28-27(19-15-13-14-16-22-32(37)38)29(36)26-30(28)39-41(8,9)33(2,3)4/h13,15,17,20,27-31,36H,12,14,16,18-19,21-26H2,1-11H3,(H,37,38)/b15-13-,20-17+/t27-,28-,29-,30-,31?/m1/s1. The molecule has 0 radical (unpaired) electrons. The fourth-order valence-electron chi connectivity index (χ4n) is 6.28. The Morgan fingerprint density at radius 2 is 1.62 bits per heavy atom. The highest BCUT2D eigenvalue weighted by Crippen LogP contribution is 2.52. The molecule has 42 heavy (non-hydrogen) atoms. The van der Waals surface area contributed by atoms with E-state index in [1.165, 1.54) is 32.1 Å². The van der Waals surface area contributed by atoms with Gasteiger partial charge in [0.25, 0.3) is 0 Å². The Morgan fingerprint density at radius 1 is 1.00 bits per heavy atom. The SMILES string of the molecule is CCCC1(C(C/C=C/[C@@H]2[C@@H](C/C=C\CCCC(=O)O)[C@H](O)C[C@H]2O[Si](C)(C)C(C)(C)C)O[Si](C)(C)C(C)(C)C)CCC1. The molecule has 244 valence electrons. The normalized spacial score (nSPS) is 26.2. The number of aliphatic hydroxyl groups excluding tert-OH is 1. The Kier molecular flexibility index (Phi) is 13.4. The van der Waals surface area contributed by atoms with E-state index in [1.807, 2.05) is 0 Å². The van der Waals surface area contributed by atoms with Gasteiger partial charge in [0.15, 0.2) is 16.6 Å². The van der Waals surface area contributed by atoms with E-state index < -0.39 is 28.7 Å². The minimum Gasteiger partial charge on any atom is -0.481 e. The van der Waals surface area contributed by atoms with Crippen molar-refractivity contribution in [3.8, 4) is 0 Å². The van der Waals surface area contributed by atoms with Crippen molar-refractivity contribution in [1.82, 2.24) is 0 Å². The van der Waals surface area contributed by atoms with Gasteiger partial charge in [-0.2, -0.15) is 0 Å². The molecule has 2 fully saturated rings. The summed E-state index contributed by atoms with van der Waals surface area (Å²) in [6.07, 6.45) is 19.1. The molecule has 0 heterocycles. The second kappa shape index (κ2) is 15.0. The first-order valence-electron chi connectivity index (χ1n) is 16.8. The summed E-state index contributed by atoms with van der Waals surface area (Å²) in [5, 5.41) is 20.5. The van der Waals surface area contributed by atoms with Crippen molar-refractivity contribution in [3.05, 3.63) is 24.3 Å². The highest BCUT2D eigenvalue weighted by Gasteiger charge is 2.49. The molecule has 0 spiro atoms. The maximum atomic E-state index is 11.3. The summed E-state index contributed by atoms with van der Waals surface area (Å²) in [4.78, 5) is 10.9. The number of aliphatic hydroxyl groups is 1. The first-order valence-corrected chi connectivity index (χ1v) is 22.6. The van der Waals surface area contributed by atoms with E-state index in [0.717, 1.165) is 19.3 Å². The van der Waals surface area contributed by atoms with Crippen molar-refractivity contribution >= 4 is 22.6 Å². The molecule has 2 rings (SSSR count). The van der Waals surface area contributed by atoms with Crippen LogP contribution in [-0.4, -0.2) is 51.1 Å². The van der Waals surface area contributed by atoms with Crippen molar-refractivity contribution in [2.24, 2.45) is 17.3 Å². The Morgan fingerprint density at radius 3 is 2.12 bits per heavy atom. The van der Waals surface area contributed by atoms with Gasteiger partial charge in [-0.3, -0.25) is 4.79 Å². The fourth-order valence-corrected chi connectivity index (χ4v) is 9.06. The molecule has 0 aromatic rings. The lowest BCUT2D eigenvalue weighted by molar-refractivity contribution is -0.137. The molecule has 0 aromatic heterocycles. The monoisotopic (exact) mass is 622 g/mol. The Balaban J connectivity index is 2.31. The maximum Gasteiger partial charge on any atom is 0.303 e. The zero-order valence-electron chi connectivity index (χ0n) is 29.1. The first kappa shape index (κ1) is 37.5. The van der Waals surface area contributed by atoms with Crippen LogP contribution in [0.15, 0.2) is 24.3 Å². The third-order valence-corrected chi connectivity index (χ3v) is 20.2. The van der Waals surface area contributed by atoms with Crippen molar-refractivity contribution in [2.75, 3.05) is 0 Å². The predicted octanol–water partition coefficient (Wildman–Crippen LogP) is 9.88. The quantitative estimate of drug-likeness (QED) is 0.102. The van der Waals surface area contributed by atoms with Crippen LogP contribution in [0, 0.1) is 17.3 Å². The molecule has 0 amide bonds.